The molecule has 1 unspecified atom stereocenters. The van der Waals surface area contributed by atoms with Gasteiger partial charge in [0.25, 0.3) is 0 Å². The summed E-state index contributed by atoms with van der Waals surface area (Å²) in [6.07, 6.45) is 2.49. The molecule has 0 amide bonds. The van der Waals surface area contributed by atoms with Crippen LogP contribution in [0.4, 0.5) is 0 Å². The van der Waals surface area contributed by atoms with E-state index in [-0.39, 0.29) is 6.04 Å². The van der Waals surface area contributed by atoms with Crippen molar-refractivity contribution in [2.45, 2.75) is 12.5 Å². The van der Waals surface area contributed by atoms with E-state index >= 15 is 0 Å². The molecule has 12 heavy (non-hydrogen) atoms. The first-order valence-corrected chi connectivity index (χ1v) is 5.03. The molecule has 0 saturated heterocycles. The number of thiophene rings is 1. The van der Waals surface area contributed by atoms with Gasteiger partial charge in [-0.3, -0.25) is 0 Å². The molecule has 0 saturated carbocycles. The van der Waals surface area contributed by atoms with Gasteiger partial charge in [-0.25, -0.2) is 0 Å². The molecule has 1 atom stereocenters. The van der Waals surface area contributed by atoms with Crippen molar-refractivity contribution in [3.8, 4) is 0 Å². The van der Waals surface area contributed by atoms with Gasteiger partial charge in [-0.15, -0.1) is 17.9 Å². The number of nitrogens with two attached hydrogens (primary N) is 1. The summed E-state index contributed by atoms with van der Waals surface area (Å²) in [7, 11) is 0. The van der Waals surface area contributed by atoms with Crippen LogP contribution in [0.3, 0.4) is 0 Å². The van der Waals surface area contributed by atoms with Crippen LogP contribution in [0.5, 0.6) is 0 Å². The molecule has 1 aromatic rings. The van der Waals surface area contributed by atoms with E-state index in [4.69, 9.17) is 28.9 Å². The van der Waals surface area contributed by atoms with E-state index in [1.54, 1.807) is 6.08 Å². The Balaban J connectivity index is 2.85. The number of rotatable bonds is 3. The quantitative estimate of drug-likeness (QED) is 0.776. The zero-order valence-corrected chi connectivity index (χ0v) is 8.72. The summed E-state index contributed by atoms with van der Waals surface area (Å²) in [5.41, 5.74) is 6.72. The fourth-order valence-electron chi connectivity index (χ4n) is 0.912. The molecule has 1 aromatic heterocycles. The Morgan fingerprint density at radius 1 is 1.67 bits per heavy atom. The maximum absolute atomic E-state index is 5.90. The lowest BCUT2D eigenvalue weighted by atomic mass is 10.1. The Kier molecular flexibility index (Phi) is 3.59. The van der Waals surface area contributed by atoms with Crippen molar-refractivity contribution >= 4 is 34.5 Å². The Morgan fingerprint density at radius 3 is 2.75 bits per heavy atom. The SMILES string of the molecule is C=CCC(N)c1cc(Cl)sc1Cl. The minimum atomic E-state index is -0.0845. The number of hydrogen-bond donors (Lipinski definition) is 1. The monoisotopic (exact) mass is 221 g/mol. The molecule has 66 valence electrons. The molecule has 0 fully saturated rings. The van der Waals surface area contributed by atoms with Crippen LogP contribution in [0.1, 0.15) is 18.0 Å². The highest BCUT2D eigenvalue weighted by Crippen LogP contribution is 2.35. The summed E-state index contributed by atoms with van der Waals surface area (Å²) in [6.45, 7) is 3.61. The van der Waals surface area contributed by atoms with Gasteiger partial charge in [-0.05, 0) is 12.5 Å². The highest BCUT2D eigenvalue weighted by molar-refractivity contribution is 7.20. The van der Waals surface area contributed by atoms with Gasteiger partial charge in [0.2, 0.25) is 0 Å². The topological polar surface area (TPSA) is 26.0 Å². The van der Waals surface area contributed by atoms with Gasteiger partial charge in [0, 0.05) is 11.6 Å². The zero-order valence-electron chi connectivity index (χ0n) is 6.39. The first-order chi connectivity index (χ1) is 5.65. The molecule has 0 aliphatic carbocycles. The summed E-state index contributed by atoms with van der Waals surface area (Å²) in [5, 5.41) is 0. The average molecular weight is 222 g/mol. The summed E-state index contributed by atoms with van der Waals surface area (Å²) < 4.78 is 1.35. The molecule has 0 radical (unpaired) electrons. The molecule has 4 heteroatoms. The van der Waals surface area contributed by atoms with Gasteiger partial charge < -0.3 is 5.73 Å². The van der Waals surface area contributed by atoms with Crippen molar-refractivity contribution in [1.82, 2.24) is 0 Å². The minimum absolute atomic E-state index is 0.0845. The highest BCUT2D eigenvalue weighted by atomic mass is 35.5. The second-order valence-electron chi connectivity index (χ2n) is 2.41. The van der Waals surface area contributed by atoms with E-state index in [2.05, 4.69) is 6.58 Å². The first kappa shape index (κ1) is 10.1. The Hall–Kier alpha value is -0.0200. The molecule has 1 rings (SSSR count). The molecular weight excluding hydrogens is 213 g/mol. The lowest BCUT2D eigenvalue weighted by molar-refractivity contribution is 0.745. The molecule has 0 aliphatic rings. The molecule has 0 aliphatic heterocycles. The standard InChI is InChI=1S/C8H9Cl2NS/c1-2-3-6(11)5-4-7(9)12-8(5)10/h2,4,6H,1,3,11H2. The van der Waals surface area contributed by atoms with Crippen molar-refractivity contribution in [3.63, 3.8) is 0 Å². The van der Waals surface area contributed by atoms with Gasteiger partial charge in [-0.1, -0.05) is 29.3 Å². The van der Waals surface area contributed by atoms with Crippen LogP contribution in [0.15, 0.2) is 18.7 Å². The molecule has 0 bridgehead atoms. The van der Waals surface area contributed by atoms with Crippen LogP contribution in [-0.2, 0) is 0 Å². The van der Waals surface area contributed by atoms with Gasteiger partial charge in [0.15, 0.2) is 0 Å². The molecule has 1 heterocycles. The van der Waals surface area contributed by atoms with Crippen LogP contribution in [0, 0.1) is 0 Å². The third-order valence-electron chi connectivity index (χ3n) is 1.50. The smallest absolute Gasteiger partial charge is 0.0991 e. The van der Waals surface area contributed by atoms with E-state index < -0.39 is 0 Å². The Morgan fingerprint density at radius 2 is 2.33 bits per heavy atom. The van der Waals surface area contributed by atoms with Crippen molar-refractivity contribution in [3.05, 3.63) is 33.0 Å². The van der Waals surface area contributed by atoms with Gasteiger partial charge >= 0.3 is 0 Å². The van der Waals surface area contributed by atoms with Crippen molar-refractivity contribution in [2.24, 2.45) is 5.73 Å². The van der Waals surface area contributed by atoms with Crippen LogP contribution in [0.25, 0.3) is 0 Å². The van der Waals surface area contributed by atoms with Crippen LogP contribution in [0.2, 0.25) is 8.67 Å². The predicted octanol–water partition coefficient (Wildman–Crippen LogP) is 3.63. The fourth-order valence-corrected chi connectivity index (χ4v) is 2.51. The second-order valence-corrected chi connectivity index (χ2v) is 4.70. The first-order valence-electron chi connectivity index (χ1n) is 3.46. The maximum Gasteiger partial charge on any atom is 0.0991 e. The third kappa shape index (κ3) is 2.23. The Bertz CT molecular complexity index is 283. The number of halogens is 2. The lowest BCUT2D eigenvalue weighted by Crippen LogP contribution is -2.07. The van der Waals surface area contributed by atoms with Gasteiger partial charge in [0.05, 0.1) is 8.67 Å². The van der Waals surface area contributed by atoms with Crippen LogP contribution >= 0.6 is 34.5 Å². The Labute approximate surface area is 85.8 Å². The minimum Gasteiger partial charge on any atom is -0.324 e. The normalized spacial score (nSPS) is 12.9. The highest BCUT2D eigenvalue weighted by Gasteiger charge is 2.11. The van der Waals surface area contributed by atoms with E-state index in [9.17, 15) is 0 Å². The van der Waals surface area contributed by atoms with E-state index in [0.29, 0.717) is 15.1 Å². The van der Waals surface area contributed by atoms with E-state index in [1.165, 1.54) is 11.3 Å². The molecular formula is C8H9Cl2NS. The summed E-state index contributed by atoms with van der Waals surface area (Å²) in [6, 6.07) is 1.72. The van der Waals surface area contributed by atoms with Crippen LogP contribution < -0.4 is 5.73 Å². The third-order valence-corrected chi connectivity index (χ3v) is 3.02. The van der Waals surface area contributed by atoms with E-state index in [1.807, 2.05) is 6.07 Å². The summed E-state index contributed by atoms with van der Waals surface area (Å²) >= 11 is 13.0. The average Bonchev–Trinajstić information content (AvgIpc) is 2.30. The molecule has 1 nitrogen and oxygen atoms in total. The largest absolute Gasteiger partial charge is 0.324 e. The van der Waals surface area contributed by atoms with Crippen molar-refractivity contribution in [1.29, 1.82) is 0 Å². The molecule has 0 aromatic carbocycles. The summed E-state index contributed by atoms with van der Waals surface area (Å²) in [4.78, 5) is 0. The predicted molar refractivity (Wildman–Crippen MR) is 56.1 cm³/mol. The lowest BCUT2D eigenvalue weighted by Gasteiger charge is -2.06. The molecule has 0 spiro atoms. The summed E-state index contributed by atoms with van der Waals surface area (Å²) in [5.74, 6) is 0. The second kappa shape index (κ2) is 4.28. The van der Waals surface area contributed by atoms with Crippen molar-refractivity contribution in [2.75, 3.05) is 0 Å². The zero-order chi connectivity index (χ0) is 9.14. The van der Waals surface area contributed by atoms with Gasteiger partial charge in [-0.2, -0.15) is 0 Å². The van der Waals surface area contributed by atoms with Crippen molar-refractivity contribution < 1.29 is 0 Å². The fraction of sp³-hybridized carbons (Fsp3) is 0.250. The van der Waals surface area contributed by atoms with Gasteiger partial charge in [0.1, 0.15) is 0 Å². The maximum atomic E-state index is 5.90. The van der Waals surface area contributed by atoms with Crippen LogP contribution in [-0.4, -0.2) is 0 Å². The number of hydrogen-bond acceptors (Lipinski definition) is 2. The molecule has 2 N–H and O–H groups in total. The van der Waals surface area contributed by atoms with E-state index in [0.717, 1.165) is 5.56 Å².